The van der Waals surface area contributed by atoms with Gasteiger partial charge in [-0.1, -0.05) is 12.1 Å². The van der Waals surface area contributed by atoms with Crippen molar-refractivity contribution in [2.75, 3.05) is 6.54 Å². The smallest absolute Gasteiger partial charge is 0.254 e. The Morgan fingerprint density at radius 3 is 2.60 bits per heavy atom. The molecule has 0 saturated heterocycles. The fraction of sp³-hybridized carbons (Fsp3) is 0.261. The number of carbonyl (C=O) groups is 2. The number of nitrogens with zero attached hydrogens (tertiary/aromatic N) is 3. The number of fused-ring (bicyclic) bond motifs is 1. The number of aryl methyl sites for hydroxylation is 1. The van der Waals surface area contributed by atoms with Crippen LogP contribution in [0.1, 0.15) is 34.2 Å². The van der Waals surface area contributed by atoms with Gasteiger partial charge in [0.15, 0.2) is 0 Å². The van der Waals surface area contributed by atoms with Gasteiger partial charge in [-0.3, -0.25) is 14.3 Å². The number of nitrogens with one attached hydrogen (secondary N) is 1. The van der Waals surface area contributed by atoms with E-state index in [2.05, 4.69) is 10.4 Å². The molecule has 2 aromatic carbocycles. The minimum Gasteiger partial charge on any atom is -0.457 e. The summed E-state index contributed by atoms with van der Waals surface area (Å²) in [5.74, 6) is 1.35. The molecule has 0 radical (unpaired) electrons. The second-order valence-electron chi connectivity index (χ2n) is 7.43. The molecule has 3 aromatic rings. The molecule has 0 fully saturated rings. The molecule has 7 heteroatoms. The Bertz CT molecular complexity index is 1070. The highest BCUT2D eigenvalue weighted by Crippen LogP contribution is 2.23. The Hall–Kier alpha value is -3.61. The molecule has 1 aliphatic rings. The van der Waals surface area contributed by atoms with Crippen molar-refractivity contribution in [1.82, 2.24) is 20.0 Å². The Labute approximate surface area is 175 Å². The topological polar surface area (TPSA) is 76.5 Å². The molecule has 30 heavy (non-hydrogen) atoms. The van der Waals surface area contributed by atoms with E-state index in [0.29, 0.717) is 37.5 Å². The van der Waals surface area contributed by atoms with Crippen LogP contribution in [0.4, 0.5) is 0 Å². The van der Waals surface area contributed by atoms with Crippen molar-refractivity contribution < 1.29 is 14.3 Å². The SMILES string of the molecule is CC(=O)NCc1cc2n(n1)CCN(C(=O)c1ccc(Oc3cccc(C)c3)cc1)C2. The zero-order valence-electron chi connectivity index (χ0n) is 17.1. The maximum Gasteiger partial charge on any atom is 0.254 e. The van der Waals surface area contributed by atoms with Gasteiger partial charge in [-0.15, -0.1) is 0 Å². The predicted octanol–water partition coefficient (Wildman–Crippen LogP) is 3.28. The summed E-state index contributed by atoms with van der Waals surface area (Å²) in [5.41, 5.74) is 3.52. The van der Waals surface area contributed by atoms with Gasteiger partial charge in [-0.2, -0.15) is 5.10 Å². The number of rotatable bonds is 5. The lowest BCUT2D eigenvalue weighted by Gasteiger charge is -2.27. The van der Waals surface area contributed by atoms with Crippen LogP contribution >= 0.6 is 0 Å². The highest BCUT2D eigenvalue weighted by atomic mass is 16.5. The molecule has 1 aromatic heterocycles. The first kappa shape index (κ1) is 19.7. The Morgan fingerprint density at radius 1 is 1.07 bits per heavy atom. The fourth-order valence-electron chi connectivity index (χ4n) is 3.46. The predicted molar refractivity (Wildman–Crippen MR) is 112 cm³/mol. The minimum atomic E-state index is -0.0902. The molecule has 1 N–H and O–H groups in total. The average Bonchev–Trinajstić information content (AvgIpc) is 3.14. The second kappa shape index (κ2) is 8.41. The first-order chi connectivity index (χ1) is 14.5. The number of hydrogen-bond acceptors (Lipinski definition) is 4. The molecule has 154 valence electrons. The van der Waals surface area contributed by atoms with Crippen LogP contribution in [0.25, 0.3) is 0 Å². The van der Waals surface area contributed by atoms with Gasteiger partial charge in [-0.25, -0.2) is 0 Å². The van der Waals surface area contributed by atoms with Crippen LogP contribution in [0.15, 0.2) is 54.6 Å². The van der Waals surface area contributed by atoms with Gasteiger partial charge in [0.25, 0.3) is 5.91 Å². The molecule has 0 bridgehead atoms. The molecular formula is C23H24N4O3. The van der Waals surface area contributed by atoms with E-state index in [1.165, 1.54) is 6.92 Å². The van der Waals surface area contributed by atoms with Gasteiger partial charge in [0.1, 0.15) is 11.5 Å². The molecule has 0 aliphatic carbocycles. The summed E-state index contributed by atoms with van der Waals surface area (Å²) in [4.78, 5) is 25.9. The van der Waals surface area contributed by atoms with E-state index in [1.54, 1.807) is 12.1 Å². The summed E-state index contributed by atoms with van der Waals surface area (Å²) >= 11 is 0. The van der Waals surface area contributed by atoms with E-state index in [-0.39, 0.29) is 11.8 Å². The Balaban J connectivity index is 1.40. The van der Waals surface area contributed by atoms with Crippen LogP contribution in [0, 0.1) is 6.92 Å². The molecule has 0 unspecified atom stereocenters. The van der Waals surface area contributed by atoms with E-state index < -0.39 is 0 Å². The standard InChI is InChI=1S/C23H24N4O3/c1-16-4-3-5-22(12-16)30-21-8-6-18(7-9-21)23(29)26-10-11-27-20(15-26)13-19(25-27)14-24-17(2)28/h3-9,12-13H,10-11,14-15H2,1-2H3,(H,24,28). The lowest BCUT2D eigenvalue weighted by atomic mass is 10.1. The highest BCUT2D eigenvalue weighted by molar-refractivity contribution is 5.94. The number of hydrogen-bond donors (Lipinski definition) is 1. The first-order valence-corrected chi connectivity index (χ1v) is 9.92. The molecule has 1 aliphatic heterocycles. The quantitative estimate of drug-likeness (QED) is 0.708. The largest absolute Gasteiger partial charge is 0.457 e. The molecule has 0 atom stereocenters. The van der Waals surface area contributed by atoms with Crippen LogP contribution in [0.3, 0.4) is 0 Å². The summed E-state index contributed by atoms with van der Waals surface area (Å²) in [5, 5.41) is 7.24. The first-order valence-electron chi connectivity index (χ1n) is 9.92. The number of carbonyl (C=O) groups excluding carboxylic acids is 2. The Morgan fingerprint density at radius 2 is 1.87 bits per heavy atom. The maximum absolute atomic E-state index is 12.9. The van der Waals surface area contributed by atoms with E-state index in [4.69, 9.17) is 4.74 Å². The van der Waals surface area contributed by atoms with Gasteiger partial charge in [0, 0.05) is 19.0 Å². The summed E-state index contributed by atoms with van der Waals surface area (Å²) < 4.78 is 7.76. The van der Waals surface area contributed by atoms with Crippen LogP contribution in [0.2, 0.25) is 0 Å². The van der Waals surface area contributed by atoms with Crippen molar-refractivity contribution >= 4 is 11.8 Å². The van der Waals surface area contributed by atoms with Crippen LogP contribution in [0.5, 0.6) is 11.5 Å². The fourth-order valence-corrected chi connectivity index (χ4v) is 3.46. The summed E-state index contributed by atoms with van der Waals surface area (Å²) in [6, 6.07) is 17.0. The molecule has 2 amide bonds. The molecule has 0 saturated carbocycles. The van der Waals surface area contributed by atoms with Crippen molar-refractivity contribution in [1.29, 1.82) is 0 Å². The van der Waals surface area contributed by atoms with Crippen molar-refractivity contribution in [3.05, 3.63) is 77.1 Å². The number of aromatic nitrogens is 2. The third-order valence-corrected chi connectivity index (χ3v) is 4.98. The van der Waals surface area contributed by atoms with Crippen LogP contribution in [-0.2, 0) is 24.4 Å². The van der Waals surface area contributed by atoms with Gasteiger partial charge < -0.3 is 15.0 Å². The van der Waals surface area contributed by atoms with Crippen molar-refractivity contribution in [3.63, 3.8) is 0 Å². The number of amides is 2. The van der Waals surface area contributed by atoms with Crippen molar-refractivity contribution in [2.45, 2.75) is 33.5 Å². The second-order valence-corrected chi connectivity index (χ2v) is 7.43. The molecule has 0 spiro atoms. The monoisotopic (exact) mass is 404 g/mol. The summed E-state index contributed by atoms with van der Waals surface area (Å²) in [6.07, 6.45) is 0. The van der Waals surface area contributed by atoms with E-state index in [9.17, 15) is 9.59 Å². The average molecular weight is 404 g/mol. The van der Waals surface area contributed by atoms with E-state index in [1.807, 2.05) is 59.0 Å². The molecule has 7 nitrogen and oxygen atoms in total. The summed E-state index contributed by atoms with van der Waals surface area (Å²) in [6.45, 7) is 5.61. The lowest BCUT2D eigenvalue weighted by molar-refractivity contribution is -0.119. The Kier molecular flexibility index (Phi) is 5.52. The van der Waals surface area contributed by atoms with Crippen molar-refractivity contribution in [3.8, 4) is 11.5 Å². The highest BCUT2D eigenvalue weighted by Gasteiger charge is 2.23. The number of benzene rings is 2. The van der Waals surface area contributed by atoms with Gasteiger partial charge in [0.2, 0.25) is 5.91 Å². The van der Waals surface area contributed by atoms with E-state index >= 15 is 0 Å². The maximum atomic E-state index is 12.9. The zero-order valence-corrected chi connectivity index (χ0v) is 17.1. The lowest BCUT2D eigenvalue weighted by Crippen LogP contribution is -2.38. The summed E-state index contributed by atoms with van der Waals surface area (Å²) in [7, 11) is 0. The molecule has 4 rings (SSSR count). The van der Waals surface area contributed by atoms with Gasteiger partial charge >= 0.3 is 0 Å². The number of ether oxygens (including phenoxy) is 1. The molecule has 2 heterocycles. The third-order valence-electron chi connectivity index (χ3n) is 4.98. The third kappa shape index (κ3) is 4.51. The van der Waals surface area contributed by atoms with E-state index in [0.717, 1.165) is 22.7 Å². The van der Waals surface area contributed by atoms with Crippen LogP contribution < -0.4 is 10.1 Å². The van der Waals surface area contributed by atoms with Crippen LogP contribution in [-0.4, -0.2) is 33.0 Å². The van der Waals surface area contributed by atoms with Gasteiger partial charge in [0.05, 0.1) is 31.0 Å². The minimum absolute atomic E-state index is 0.0204. The van der Waals surface area contributed by atoms with Crippen molar-refractivity contribution in [2.24, 2.45) is 0 Å². The van der Waals surface area contributed by atoms with Gasteiger partial charge in [-0.05, 0) is 55.0 Å². The zero-order chi connectivity index (χ0) is 21.1. The normalized spacial score (nSPS) is 12.9. The molecular weight excluding hydrogens is 380 g/mol.